The maximum absolute atomic E-state index is 14.9. The third-order valence-corrected chi connectivity index (χ3v) is 4.38. The summed E-state index contributed by atoms with van der Waals surface area (Å²) in [6, 6.07) is 9.45. The number of halogens is 2. The second kappa shape index (κ2) is 8.03. The van der Waals surface area contributed by atoms with Crippen LogP contribution in [0.2, 0.25) is 19.6 Å². The minimum atomic E-state index is -2.41. The number of carbonyl (C=O) groups excluding carboxylic acids is 1. The summed E-state index contributed by atoms with van der Waals surface area (Å²) in [5.41, 5.74) is 0.902. The summed E-state index contributed by atoms with van der Waals surface area (Å²) < 4.78 is 23.1. The van der Waals surface area contributed by atoms with Gasteiger partial charge in [-0.1, -0.05) is 42.5 Å². The quantitative estimate of drug-likeness (QED) is 0.390. The Morgan fingerprint density at radius 1 is 1.36 bits per heavy atom. The van der Waals surface area contributed by atoms with Crippen LogP contribution >= 0.6 is 15.9 Å². The van der Waals surface area contributed by atoms with Crippen LogP contribution in [-0.2, 0) is 14.0 Å². The smallest absolute Gasteiger partial charge is 0.358 e. The van der Waals surface area contributed by atoms with E-state index in [0.29, 0.717) is 0 Å². The fourth-order valence-corrected chi connectivity index (χ4v) is 3.26. The lowest BCUT2D eigenvalue weighted by Gasteiger charge is -2.30. The molecule has 0 radical (unpaired) electrons. The summed E-state index contributed by atoms with van der Waals surface area (Å²) in [7, 11) is -2.07. The summed E-state index contributed by atoms with van der Waals surface area (Å²) in [6.45, 7) is 7.55. The zero-order valence-corrected chi connectivity index (χ0v) is 15.9. The molecule has 1 rings (SSSR count). The molecule has 0 saturated heterocycles. The van der Waals surface area contributed by atoms with E-state index in [4.69, 9.17) is 9.16 Å². The van der Waals surface area contributed by atoms with Crippen LogP contribution in [0.5, 0.6) is 0 Å². The van der Waals surface area contributed by atoms with Crippen molar-refractivity contribution in [2.75, 3.05) is 6.61 Å². The summed E-state index contributed by atoms with van der Waals surface area (Å²) in [6.07, 6.45) is 2.23. The van der Waals surface area contributed by atoms with E-state index in [-0.39, 0.29) is 6.61 Å². The highest BCUT2D eigenvalue weighted by Gasteiger charge is 2.46. The van der Waals surface area contributed by atoms with Gasteiger partial charge in [0, 0.05) is 0 Å². The van der Waals surface area contributed by atoms with Crippen molar-refractivity contribution in [3.8, 4) is 0 Å². The molecular formula is C16H22BrFO3Si. The van der Waals surface area contributed by atoms with E-state index in [0.717, 1.165) is 5.56 Å². The molecule has 1 aromatic rings. The molecule has 0 aromatic heterocycles. The van der Waals surface area contributed by atoms with Crippen LogP contribution < -0.4 is 0 Å². The van der Waals surface area contributed by atoms with E-state index in [9.17, 15) is 9.18 Å². The Labute approximate surface area is 140 Å². The Kier molecular flexibility index (Phi) is 6.96. The second-order valence-electron chi connectivity index (χ2n) is 5.76. The van der Waals surface area contributed by atoms with Gasteiger partial charge in [-0.2, -0.15) is 0 Å². The van der Waals surface area contributed by atoms with Crippen molar-refractivity contribution in [2.45, 2.75) is 37.2 Å². The first-order valence-electron chi connectivity index (χ1n) is 7.13. The van der Waals surface area contributed by atoms with E-state index < -0.39 is 25.0 Å². The van der Waals surface area contributed by atoms with Gasteiger partial charge >= 0.3 is 5.97 Å². The first-order valence-corrected chi connectivity index (χ1v) is 11.3. The lowest BCUT2D eigenvalue weighted by atomic mass is 10.1. The number of hydrogen-bond donors (Lipinski definition) is 0. The Bertz CT molecular complexity index is 512. The van der Waals surface area contributed by atoms with Crippen LogP contribution in [0.25, 0.3) is 6.08 Å². The van der Waals surface area contributed by atoms with Crippen LogP contribution in [0.4, 0.5) is 4.39 Å². The van der Waals surface area contributed by atoms with Gasteiger partial charge in [-0.05, 0) is 48.1 Å². The van der Waals surface area contributed by atoms with Gasteiger partial charge < -0.3 is 9.16 Å². The Morgan fingerprint density at radius 2 is 1.95 bits per heavy atom. The summed E-state index contributed by atoms with van der Waals surface area (Å²) in [4.78, 5) is 11.9. The van der Waals surface area contributed by atoms with Gasteiger partial charge in [-0.25, -0.2) is 9.18 Å². The summed E-state index contributed by atoms with van der Waals surface area (Å²) in [5, 5.41) is 0. The van der Waals surface area contributed by atoms with E-state index in [2.05, 4.69) is 15.9 Å². The third-order valence-electron chi connectivity index (χ3n) is 2.65. The van der Waals surface area contributed by atoms with Crippen molar-refractivity contribution in [3.63, 3.8) is 0 Å². The molecular weight excluding hydrogens is 367 g/mol. The summed E-state index contributed by atoms with van der Waals surface area (Å²) in [5.74, 6) is -0.976. The second-order valence-corrected chi connectivity index (χ2v) is 11.4. The van der Waals surface area contributed by atoms with Gasteiger partial charge in [-0.3, -0.25) is 0 Å². The van der Waals surface area contributed by atoms with Crippen molar-refractivity contribution < 1.29 is 18.3 Å². The largest absolute Gasteiger partial charge is 0.463 e. The van der Waals surface area contributed by atoms with E-state index in [1.165, 1.54) is 0 Å². The first-order chi connectivity index (χ1) is 10.2. The normalized spacial score (nSPS) is 16.3. The molecule has 0 spiro atoms. The molecule has 0 amide bonds. The van der Waals surface area contributed by atoms with E-state index in [1.807, 2.05) is 50.0 Å². The van der Waals surface area contributed by atoms with Crippen LogP contribution in [0.15, 0.2) is 36.4 Å². The van der Waals surface area contributed by atoms with Crippen LogP contribution in [0.1, 0.15) is 12.5 Å². The van der Waals surface area contributed by atoms with Crippen molar-refractivity contribution in [1.82, 2.24) is 0 Å². The van der Waals surface area contributed by atoms with E-state index >= 15 is 0 Å². The number of esters is 1. The molecule has 22 heavy (non-hydrogen) atoms. The molecule has 0 bridgehead atoms. The van der Waals surface area contributed by atoms with Gasteiger partial charge in [-0.15, -0.1) is 0 Å². The highest BCUT2D eigenvalue weighted by atomic mass is 79.9. The zero-order chi connectivity index (χ0) is 16.8. The summed E-state index contributed by atoms with van der Waals surface area (Å²) >= 11 is 2.85. The number of ether oxygens (including phenoxy) is 1. The molecule has 0 heterocycles. The van der Waals surface area contributed by atoms with Gasteiger partial charge in [0.25, 0.3) is 4.58 Å². The van der Waals surface area contributed by atoms with Crippen LogP contribution in [0, 0.1) is 0 Å². The lowest BCUT2D eigenvalue weighted by molar-refractivity contribution is -0.153. The number of hydrogen-bond acceptors (Lipinski definition) is 3. The minimum absolute atomic E-state index is 0.109. The molecule has 0 N–H and O–H groups in total. The van der Waals surface area contributed by atoms with Crippen molar-refractivity contribution in [3.05, 3.63) is 42.0 Å². The molecule has 122 valence electrons. The van der Waals surface area contributed by atoms with E-state index in [1.54, 1.807) is 19.1 Å². The lowest BCUT2D eigenvalue weighted by Crippen LogP contribution is -2.46. The fraction of sp³-hybridized carbons (Fsp3) is 0.438. The average Bonchev–Trinajstić information content (AvgIpc) is 2.43. The molecule has 0 unspecified atom stereocenters. The third kappa shape index (κ3) is 6.02. The van der Waals surface area contributed by atoms with Crippen molar-refractivity contribution >= 4 is 36.3 Å². The molecule has 0 aliphatic heterocycles. The molecule has 1 aromatic carbocycles. The Hall–Kier alpha value is -0.983. The topological polar surface area (TPSA) is 35.5 Å². The maximum atomic E-state index is 14.9. The Balaban J connectivity index is 3.02. The SMILES string of the molecule is CCOC(=O)[C@](F)(Br)[C@@H](/C=C/c1ccccc1)O[Si](C)(C)C. The zero-order valence-electron chi connectivity index (χ0n) is 13.3. The van der Waals surface area contributed by atoms with Crippen LogP contribution in [-0.4, -0.2) is 31.6 Å². The standard InChI is InChI=1S/C16H22BrFO3Si/c1-5-20-15(19)16(17,18)14(21-22(2,3)4)12-11-13-9-7-6-8-10-13/h6-12,14H,5H2,1-4H3/b12-11+/t14-,16+/m1/s1. The van der Waals surface area contributed by atoms with Crippen molar-refractivity contribution in [1.29, 1.82) is 0 Å². The highest BCUT2D eigenvalue weighted by molar-refractivity contribution is 9.10. The number of alkyl halides is 2. The first kappa shape index (κ1) is 19.1. The molecule has 0 aliphatic carbocycles. The van der Waals surface area contributed by atoms with Crippen molar-refractivity contribution in [2.24, 2.45) is 0 Å². The van der Waals surface area contributed by atoms with Gasteiger partial charge in [0.2, 0.25) is 0 Å². The Morgan fingerprint density at radius 3 is 2.45 bits per heavy atom. The van der Waals surface area contributed by atoms with Gasteiger partial charge in [0.15, 0.2) is 8.32 Å². The molecule has 0 aliphatic rings. The average molecular weight is 389 g/mol. The maximum Gasteiger partial charge on any atom is 0.358 e. The highest BCUT2D eigenvalue weighted by Crippen LogP contribution is 2.32. The van der Waals surface area contributed by atoms with Gasteiger partial charge in [0.1, 0.15) is 6.10 Å². The fourth-order valence-electron chi connectivity index (χ4n) is 1.72. The molecule has 0 fully saturated rings. The van der Waals surface area contributed by atoms with Gasteiger partial charge in [0.05, 0.1) is 6.61 Å². The molecule has 2 atom stereocenters. The molecule has 3 nitrogen and oxygen atoms in total. The monoisotopic (exact) mass is 388 g/mol. The predicted octanol–water partition coefficient (Wildman–Crippen LogP) is 4.54. The molecule has 6 heteroatoms. The number of carbonyl (C=O) groups is 1. The predicted molar refractivity (Wildman–Crippen MR) is 93.1 cm³/mol. The number of rotatable bonds is 7. The minimum Gasteiger partial charge on any atom is -0.463 e. The number of benzene rings is 1. The molecule has 0 saturated carbocycles. The van der Waals surface area contributed by atoms with Crippen LogP contribution in [0.3, 0.4) is 0 Å².